The van der Waals surface area contributed by atoms with Gasteiger partial charge in [-0.05, 0) is 47.3 Å². The Morgan fingerprint density at radius 2 is 0.968 bits per heavy atom. The van der Waals surface area contributed by atoms with Crippen LogP contribution in [0.15, 0.2) is 224 Å². The number of nitrogens with zero attached hydrogens (tertiary/aromatic N) is 5. The normalized spacial score (nSPS) is 11.5. The molecule has 290 valence electrons. The van der Waals surface area contributed by atoms with E-state index in [1.807, 2.05) is 6.07 Å². The summed E-state index contributed by atoms with van der Waals surface area (Å²) in [6.07, 6.45) is 0. The van der Waals surface area contributed by atoms with Crippen LogP contribution in [0.2, 0.25) is 0 Å². The molecule has 0 saturated carbocycles. The molecule has 5 nitrogen and oxygen atoms in total. The monoisotopic (exact) mass is 791 g/mol. The van der Waals surface area contributed by atoms with E-state index in [4.69, 9.17) is 15.1 Å². The van der Waals surface area contributed by atoms with Gasteiger partial charge >= 0.3 is 0 Å². The number of para-hydroxylation sites is 2. The van der Waals surface area contributed by atoms with Crippen molar-refractivity contribution in [2.75, 3.05) is 0 Å². The molecule has 0 amide bonds. The van der Waals surface area contributed by atoms with E-state index in [-0.39, 0.29) is 0 Å². The molecule has 0 aliphatic carbocycles. The molecule has 0 aliphatic heterocycles. The van der Waals surface area contributed by atoms with Crippen LogP contribution in [-0.4, -0.2) is 24.1 Å². The van der Waals surface area contributed by atoms with Crippen molar-refractivity contribution in [3.63, 3.8) is 0 Å². The zero-order valence-electron chi connectivity index (χ0n) is 33.6. The van der Waals surface area contributed by atoms with Crippen LogP contribution in [0.25, 0.3) is 111 Å². The maximum Gasteiger partial charge on any atom is 0.160 e. The Balaban J connectivity index is 1.04. The van der Waals surface area contributed by atoms with Crippen molar-refractivity contribution in [1.29, 1.82) is 0 Å². The van der Waals surface area contributed by atoms with Gasteiger partial charge < -0.3 is 4.57 Å². The molecule has 0 saturated heterocycles. The fraction of sp³-hybridized carbons (Fsp3) is 0. The summed E-state index contributed by atoms with van der Waals surface area (Å²) in [7, 11) is 0. The topological polar surface area (TPSA) is 48.0 Å². The second-order valence-electron chi connectivity index (χ2n) is 15.6. The highest BCUT2D eigenvalue weighted by Crippen LogP contribution is 2.42. The summed E-state index contributed by atoms with van der Waals surface area (Å²) >= 11 is 0. The summed E-state index contributed by atoms with van der Waals surface area (Å²) in [5.41, 5.74) is 15.6. The van der Waals surface area contributed by atoms with Crippen LogP contribution >= 0.6 is 0 Å². The van der Waals surface area contributed by atoms with Gasteiger partial charge in [0.2, 0.25) is 0 Å². The minimum Gasteiger partial charge on any atom is -0.309 e. The first-order chi connectivity index (χ1) is 30.8. The standard InChI is InChI=1S/C57H37N5/c1-5-18-38(19-6-1)48-37-49(46-29-17-31-51-54(46)47-28-15-16-30-50(47)61(51)44-25-11-4-12-26-44)59-57(58-48)42-34-32-39(33-35-42)52-36-43-24-13-14-27-45(43)56-53(40-20-7-2-8-21-40)55(60-62(52)56)41-22-9-3-10-23-41/h1-37H. The molecule has 0 radical (unpaired) electrons. The average molecular weight is 792 g/mol. The number of benzene rings is 8. The van der Waals surface area contributed by atoms with Crippen LogP contribution < -0.4 is 0 Å². The molecule has 0 unspecified atom stereocenters. The van der Waals surface area contributed by atoms with Gasteiger partial charge in [-0.2, -0.15) is 5.10 Å². The van der Waals surface area contributed by atoms with E-state index < -0.39 is 0 Å². The van der Waals surface area contributed by atoms with E-state index in [9.17, 15) is 0 Å². The molecule has 12 rings (SSSR count). The third-order valence-corrected chi connectivity index (χ3v) is 12.0. The van der Waals surface area contributed by atoms with Gasteiger partial charge in [-0.25, -0.2) is 14.5 Å². The molecule has 0 spiro atoms. The molecular formula is C57H37N5. The number of fused-ring (bicyclic) bond motifs is 6. The minimum absolute atomic E-state index is 0.664. The number of aromatic nitrogens is 5. The lowest BCUT2D eigenvalue weighted by atomic mass is 9.97. The second-order valence-corrected chi connectivity index (χ2v) is 15.6. The molecule has 8 aromatic carbocycles. The Bertz CT molecular complexity index is 3590. The zero-order valence-corrected chi connectivity index (χ0v) is 33.6. The van der Waals surface area contributed by atoms with Crippen molar-refractivity contribution >= 4 is 38.1 Å². The van der Waals surface area contributed by atoms with Crippen molar-refractivity contribution in [1.82, 2.24) is 24.1 Å². The summed E-state index contributed by atoms with van der Waals surface area (Å²) in [5.74, 6) is 0.664. The number of hydrogen-bond acceptors (Lipinski definition) is 3. The zero-order chi connectivity index (χ0) is 41.0. The predicted molar refractivity (Wildman–Crippen MR) is 255 cm³/mol. The van der Waals surface area contributed by atoms with Crippen molar-refractivity contribution in [2.45, 2.75) is 0 Å². The quantitative estimate of drug-likeness (QED) is 0.162. The van der Waals surface area contributed by atoms with Gasteiger partial charge in [0, 0.05) is 55.2 Å². The first-order valence-corrected chi connectivity index (χ1v) is 21.0. The van der Waals surface area contributed by atoms with Crippen molar-refractivity contribution in [3.8, 4) is 73.2 Å². The Kier molecular flexibility index (Phi) is 8.42. The van der Waals surface area contributed by atoms with Crippen LogP contribution in [-0.2, 0) is 0 Å². The molecule has 4 heterocycles. The van der Waals surface area contributed by atoms with Gasteiger partial charge in [0.25, 0.3) is 0 Å². The molecule has 4 aromatic heterocycles. The van der Waals surface area contributed by atoms with E-state index in [0.717, 1.165) is 100 Å². The lowest BCUT2D eigenvalue weighted by molar-refractivity contribution is 0.979. The minimum atomic E-state index is 0.664. The van der Waals surface area contributed by atoms with Crippen LogP contribution in [0.3, 0.4) is 0 Å². The van der Waals surface area contributed by atoms with Gasteiger partial charge in [-0.1, -0.05) is 188 Å². The van der Waals surface area contributed by atoms with E-state index in [1.165, 1.54) is 5.39 Å². The number of pyridine rings is 1. The summed E-state index contributed by atoms with van der Waals surface area (Å²) in [5, 5.41) is 10.1. The lowest BCUT2D eigenvalue weighted by Gasteiger charge is -2.13. The largest absolute Gasteiger partial charge is 0.309 e. The molecule has 0 N–H and O–H groups in total. The smallest absolute Gasteiger partial charge is 0.160 e. The van der Waals surface area contributed by atoms with E-state index >= 15 is 0 Å². The molecule has 0 bridgehead atoms. The molecule has 12 aromatic rings. The van der Waals surface area contributed by atoms with Crippen molar-refractivity contribution in [2.24, 2.45) is 0 Å². The van der Waals surface area contributed by atoms with Gasteiger partial charge in [0.05, 0.1) is 33.6 Å². The first kappa shape index (κ1) is 35.5. The molecule has 0 aliphatic rings. The summed E-state index contributed by atoms with van der Waals surface area (Å²) in [4.78, 5) is 10.6. The van der Waals surface area contributed by atoms with Gasteiger partial charge in [-0.15, -0.1) is 0 Å². The van der Waals surface area contributed by atoms with Gasteiger partial charge in [-0.3, -0.25) is 0 Å². The highest BCUT2D eigenvalue weighted by atomic mass is 15.2. The molecule has 62 heavy (non-hydrogen) atoms. The van der Waals surface area contributed by atoms with E-state index in [0.29, 0.717) is 5.82 Å². The highest BCUT2D eigenvalue weighted by Gasteiger charge is 2.22. The van der Waals surface area contributed by atoms with Crippen LogP contribution in [0.4, 0.5) is 0 Å². The SMILES string of the molecule is c1ccc(-c2cc(-c3cccc4c3c3ccccc3n4-c3ccccc3)nc(-c3ccc(-c4cc5ccccc5c5c(-c6ccccc6)c(-c6ccccc6)nn45)cc3)n2)cc1. The molecule has 0 atom stereocenters. The van der Waals surface area contributed by atoms with Gasteiger partial charge in [0.15, 0.2) is 5.82 Å². The fourth-order valence-electron chi connectivity index (χ4n) is 9.12. The second kappa shape index (κ2) is 14.7. The highest BCUT2D eigenvalue weighted by molar-refractivity contribution is 6.15. The summed E-state index contributed by atoms with van der Waals surface area (Å²) in [6, 6.07) is 78.9. The van der Waals surface area contributed by atoms with Crippen LogP contribution in [0.5, 0.6) is 0 Å². The van der Waals surface area contributed by atoms with Crippen LogP contribution in [0, 0.1) is 0 Å². The maximum absolute atomic E-state index is 5.41. The van der Waals surface area contributed by atoms with Gasteiger partial charge in [0.1, 0.15) is 5.69 Å². The predicted octanol–water partition coefficient (Wildman–Crippen LogP) is 14.4. The maximum atomic E-state index is 5.41. The summed E-state index contributed by atoms with van der Waals surface area (Å²) in [6.45, 7) is 0. The van der Waals surface area contributed by atoms with Crippen molar-refractivity contribution in [3.05, 3.63) is 224 Å². The molecule has 5 heteroatoms. The first-order valence-electron chi connectivity index (χ1n) is 21.0. The van der Waals surface area contributed by atoms with E-state index in [1.54, 1.807) is 0 Å². The average Bonchev–Trinajstić information content (AvgIpc) is 3.92. The summed E-state index contributed by atoms with van der Waals surface area (Å²) < 4.78 is 4.49. The van der Waals surface area contributed by atoms with E-state index in [2.05, 4.69) is 227 Å². The Morgan fingerprint density at radius 1 is 0.387 bits per heavy atom. The lowest BCUT2D eigenvalue weighted by Crippen LogP contribution is -1.98. The Morgan fingerprint density at radius 3 is 1.71 bits per heavy atom. The molecular weight excluding hydrogens is 755 g/mol. The third-order valence-electron chi connectivity index (χ3n) is 12.0. The Labute approximate surface area is 358 Å². The van der Waals surface area contributed by atoms with Crippen LogP contribution in [0.1, 0.15) is 0 Å². The molecule has 0 fully saturated rings. The number of hydrogen-bond donors (Lipinski definition) is 0. The fourth-order valence-corrected chi connectivity index (χ4v) is 9.12. The Hall–Kier alpha value is -8.41. The third kappa shape index (κ3) is 5.90. The van der Waals surface area contributed by atoms with Crippen molar-refractivity contribution < 1.29 is 0 Å². The number of rotatable bonds is 7.